The molecule has 0 aliphatic carbocycles. The van der Waals surface area contributed by atoms with Gasteiger partial charge in [0.25, 0.3) is 0 Å². The van der Waals surface area contributed by atoms with E-state index >= 15 is 0 Å². The smallest absolute Gasteiger partial charge is 0.347 e. The molecule has 16 heavy (non-hydrogen) atoms. The molecule has 0 bridgehead atoms. The van der Waals surface area contributed by atoms with Crippen molar-refractivity contribution in [3.63, 3.8) is 0 Å². The maximum atomic E-state index is 11.1. The number of nitrogens with zero attached hydrogens (tertiary/aromatic N) is 1. The van der Waals surface area contributed by atoms with Crippen LogP contribution in [0, 0.1) is 0 Å². The fraction of sp³-hybridized carbons (Fsp3) is 0.636. The number of carboxylic acids is 1. The van der Waals surface area contributed by atoms with Gasteiger partial charge in [-0.15, -0.1) is 11.3 Å². The maximum absolute atomic E-state index is 11.1. The molecule has 1 atom stereocenters. The van der Waals surface area contributed by atoms with E-state index in [1.54, 1.807) is 0 Å². The lowest BCUT2D eigenvalue weighted by Gasteiger charge is -2.03. The molecule has 2 rings (SSSR count). The van der Waals surface area contributed by atoms with Crippen molar-refractivity contribution >= 4 is 29.1 Å². The number of hydrogen-bond donors (Lipinski definition) is 1. The largest absolute Gasteiger partial charge is 0.477 e. The molecule has 2 heterocycles. The molecule has 0 aromatic carbocycles. The van der Waals surface area contributed by atoms with Crippen molar-refractivity contribution in [3.8, 4) is 0 Å². The van der Waals surface area contributed by atoms with Crippen LogP contribution >= 0.6 is 23.1 Å². The van der Waals surface area contributed by atoms with Crippen LogP contribution in [-0.2, 0) is 0 Å². The van der Waals surface area contributed by atoms with E-state index in [0.717, 1.165) is 17.1 Å². The highest BCUT2D eigenvalue weighted by Gasteiger charge is 2.26. The lowest BCUT2D eigenvalue weighted by Crippen LogP contribution is -2.00. The van der Waals surface area contributed by atoms with Gasteiger partial charge in [-0.05, 0) is 24.5 Å². The van der Waals surface area contributed by atoms with Crippen molar-refractivity contribution in [2.75, 3.05) is 5.75 Å². The van der Waals surface area contributed by atoms with Gasteiger partial charge in [0.1, 0.15) is 9.88 Å². The van der Waals surface area contributed by atoms with Crippen LogP contribution in [0.5, 0.6) is 0 Å². The summed E-state index contributed by atoms with van der Waals surface area (Å²) in [4.78, 5) is 16.1. The predicted molar refractivity (Wildman–Crippen MR) is 67.6 cm³/mol. The van der Waals surface area contributed by atoms with E-state index in [-0.39, 0.29) is 5.92 Å². The third-order valence-corrected chi connectivity index (χ3v) is 5.32. The van der Waals surface area contributed by atoms with Crippen LogP contribution in [0.25, 0.3) is 0 Å². The number of thiazole rings is 1. The van der Waals surface area contributed by atoms with Crippen molar-refractivity contribution in [3.05, 3.63) is 15.6 Å². The van der Waals surface area contributed by atoms with Gasteiger partial charge in [-0.1, -0.05) is 13.8 Å². The Kier molecular flexibility index (Phi) is 3.54. The summed E-state index contributed by atoms with van der Waals surface area (Å²) in [5.41, 5.74) is 0.750. The Morgan fingerprint density at radius 1 is 1.56 bits per heavy atom. The van der Waals surface area contributed by atoms with E-state index < -0.39 is 5.97 Å². The summed E-state index contributed by atoms with van der Waals surface area (Å²) in [6.45, 7) is 3.99. The zero-order valence-electron chi connectivity index (χ0n) is 9.40. The zero-order valence-corrected chi connectivity index (χ0v) is 11.0. The van der Waals surface area contributed by atoms with Gasteiger partial charge in [-0.25, -0.2) is 9.78 Å². The first-order valence-electron chi connectivity index (χ1n) is 5.45. The summed E-state index contributed by atoms with van der Waals surface area (Å²) < 4.78 is 0. The fourth-order valence-corrected chi connectivity index (χ4v) is 4.37. The summed E-state index contributed by atoms with van der Waals surface area (Å²) in [6, 6.07) is 0. The standard InChI is InChI=1S/C11H15NO2S2/c1-6(2)8-9(11(13)14)16-10(12-8)7-4-3-5-15-7/h6-7H,3-5H2,1-2H3,(H,13,14). The molecule has 88 valence electrons. The van der Waals surface area contributed by atoms with Gasteiger partial charge in [0.2, 0.25) is 0 Å². The van der Waals surface area contributed by atoms with Gasteiger partial charge >= 0.3 is 5.97 Å². The number of hydrogen-bond acceptors (Lipinski definition) is 4. The maximum Gasteiger partial charge on any atom is 0.347 e. The highest BCUT2D eigenvalue weighted by molar-refractivity contribution is 7.99. The van der Waals surface area contributed by atoms with Crippen molar-refractivity contribution in [1.29, 1.82) is 0 Å². The summed E-state index contributed by atoms with van der Waals surface area (Å²) in [5.74, 6) is 0.516. The Balaban J connectivity index is 2.34. The van der Waals surface area contributed by atoms with Gasteiger partial charge in [0.15, 0.2) is 0 Å². The highest BCUT2D eigenvalue weighted by atomic mass is 32.2. The molecule has 0 saturated carbocycles. The van der Waals surface area contributed by atoms with Crippen LogP contribution in [0.4, 0.5) is 0 Å². The Bertz CT molecular complexity index is 395. The number of carbonyl (C=O) groups is 1. The van der Waals surface area contributed by atoms with Crippen LogP contribution in [0.15, 0.2) is 0 Å². The van der Waals surface area contributed by atoms with E-state index in [2.05, 4.69) is 4.98 Å². The van der Waals surface area contributed by atoms with E-state index in [1.165, 1.54) is 23.5 Å². The van der Waals surface area contributed by atoms with E-state index in [1.807, 2.05) is 25.6 Å². The average molecular weight is 257 g/mol. The Morgan fingerprint density at radius 3 is 2.75 bits per heavy atom. The topological polar surface area (TPSA) is 50.2 Å². The third kappa shape index (κ3) is 2.25. The highest BCUT2D eigenvalue weighted by Crippen LogP contribution is 2.42. The minimum atomic E-state index is -0.838. The lowest BCUT2D eigenvalue weighted by atomic mass is 10.1. The van der Waals surface area contributed by atoms with Gasteiger partial charge in [0, 0.05) is 0 Å². The van der Waals surface area contributed by atoms with E-state index in [9.17, 15) is 4.79 Å². The number of aromatic carboxylic acids is 1. The Labute approximate surface area is 103 Å². The second kappa shape index (κ2) is 4.75. The number of rotatable bonds is 3. The lowest BCUT2D eigenvalue weighted by molar-refractivity contribution is 0.0700. The minimum Gasteiger partial charge on any atom is -0.477 e. The van der Waals surface area contributed by atoms with Crippen molar-refractivity contribution in [2.24, 2.45) is 0 Å². The van der Waals surface area contributed by atoms with Crippen LogP contribution in [0.3, 0.4) is 0 Å². The molecule has 1 aromatic rings. The van der Waals surface area contributed by atoms with E-state index in [4.69, 9.17) is 5.11 Å². The first kappa shape index (κ1) is 11.9. The SMILES string of the molecule is CC(C)c1nc(C2CCCS2)sc1C(=O)O. The van der Waals surface area contributed by atoms with Crippen LogP contribution in [0.2, 0.25) is 0 Å². The van der Waals surface area contributed by atoms with Gasteiger partial charge < -0.3 is 5.11 Å². The molecule has 1 aliphatic heterocycles. The molecule has 0 amide bonds. The molecule has 1 aromatic heterocycles. The Hall–Kier alpha value is -0.550. The van der Waals surface area contributed by atoms with Crippen molar-refractivity contribution < 1.29 is 9.90 Å². The molecular weight excluding hydrogens is 242 g/mol. The molecule has 1 saturated heterocycles. The summed E-state index contributed by atoms with van der Waals surface area (Å²) in [6.07, 6.45) is 2.35. The summed E-state index contributed by atoms with van der Waals surface area (Å²) >= 11 is 3.26. The van der Waals surface area contributed by atoms with Crippen LogP contribution < -0.4 is 0 Å². The molecule has 1 unspecified atom stereocenters. The van der Waals surface area contributed by atoms with Crippen LogP contribution in [0.1, 0.15) is 58.2 Å². The molecule has 0 radical (unpaired) electrons. The number of aromatic nitrogens is 1. The average Bonchev–Trinajstić information content (AvgIpc) is 2.86. The second-order valence-electron chi connectivity index (χ2n) is 4.23. The van der Waals surface area contributed by atoms with E-state index in [0.29, 0.717) is 10.1 Å². The molecule has 1 fully saturated rings. The number of thioether (sulfide) groups is 1. The molecule has 3 nitrogen and oxygen atoms in total. The van der Waals surface area contributed by atoms with Crippen molar-refractivity contribution in [1.82, 2.24) is 4.98 Å². The molecule has 5 heteroatoms. The van der Waals surface area contributed by atoms with Gasteiger partial charge in [-0.3, -0.25) is 0 Å². The third-order valence-electron chi connectivity index (χ3n) is 2.62. The molecule has 1 aliphatic rings. The first-order chi connectivity index (χ1) is 7.59. The summed E-state index contributed by atoms with van der Waals surface area (Å²) in [7, 11) is 0. The summed E-state index contributed by atoms with van der Waals surface area (Å²) in [5, 5.41) is 10.6. The molecular formula is C11H15NO2S2. The van der Waals surface area contributed by atoms with Gasteiger partial charge in [0.05, 0.1) is 10.9 Å². The molecule has 1 N–H and O–H groups in total. The quantitative estimate of drug-likeness (QED) is 0.900. The monoisotopic (exact) mass is 257 g/mol. The zero-order chi connectivity index (χ0) is 11.7. The Morgan fingerprint density at radius 2 is 2.31 bits per heavy atom. The number of carboxylic acid groups (broad SMARTS) is 1. The minimum absolute atomic E-state index is 0.183. The fourth-order valence-electron chi connectivity index (χ4n) is 1.80. The second-order valence-corrected chi connectivity index (χ2v) is 6.57. The van der Waals surface area contributed by atoms with Gasteiger partial charge in [-0.2, -0.15) is 11.8 Å². The van der Waals surface area contributed by atoms with Crippen molar-refractivity contribution in [2.45, 2.75) is 37.9 Å². The predicted octanol–water partition coefficient (Wildman–Crippen LogP) is 3.53. The molecule has 0 spiro atoms. The van der Waals surface area contributed by atoms with Crippen LogP contribution in [-0.4, -0.2) is 21.8 Å². The first-order valence-corrected chi connectivity index (χ1v) is 7.31. The normalized spacial score (nSPS) is 20.6.